The molecule has 1 aromatic carbocycles. The van der Waals surface area contributed by atoms with Crippen LogP contribution in [0, 0.1) is 0 Å². The summed E-state index contributed by atoms with van der Waals surface area (Å²) in [6.07, 6.45) is 0.117. The van der Waals surface area contributed by atoms with Gasteiger partial charge in [-0.2, -0.15) is 0 Å². The van der Waals surface area contributed by atoms with E-state index in [0.29, 0.717) is 24.5 Å². The third-order valence-corrected chi connectivity index (χ3v) is 4.05. The number of carbonyl (C=O) groups is 2. The van der Waals surface area contributed by atoms with Crippen LogP contribution in [0.3, 0.4) is 0 Å². The van der Waals surface area contributed by atoms with E-state index in [2.05, 4.69) is 0 Å². The number of likely N-dealkylation sites (tertiary alicyclic amines) is 1. The second-order valence-electron chi connectivity index (χ2n) is 6.03. The molecule has 1 aliphatic heterocycles. The second-order valence-corrected chi connectivity index (χ2v) is 6.03. The van der Waals surface area contributed by atoms with E-state index in [-0.39, 0.29) is 25.0 Å². The van der Waals surface area contributed by atoms with Gasteiger partial charge in [0.05, 0.1) is 25.3 Å². The molecule has 0 unspecified atom stereocenters. The first-order chi connectivity index (χ1) is 11.4. The molecular weight excluding hydrogens is 312 g/mol. The van der Waals surface area contributed by atoms with Gasteiger partial charge in [-0.3, -0.25) is 14.5 Å². The molecule has 0 spiro atoms. The van der Waals surface area contributed by atoms with E-state index in [1.165, 1.54) is 0 Å². The summed E-state index contributed by atoms with van der Waals surface area (Å²) in [5.74, 6) is -0.514. The van der Waals surface area contributed by atoms with Gasteiger partial charge < -0.3 is 19.8 Å². The molecule has 0 saturated carbocycles. The number of hydrogen-bond donors (Lipinski definition) is 2. The van der Waals surface area contributed by atoms with Gasteiger partial charge >= 0.3 is 5.97 Å². The Hall–Kier alpha value is -2.12. The van der Waals surface area contributed by atoms with Crippen LogP contribution in [0.25, 0.3) is 0 Å². The number of ether oxygens (including phenoxy) is 1. The topological polar surface area (TPSA) is 90.3 Å². The summed E-state index contributed by atoms with van der Waals surface area (Å²) in [4.78, 5) is 26.6. The lowest BCUT2D eigenvalue weighted by molar-refractivity contribution is -0.138. The number of carboxylic acid groups (broad SMARTS) is 1. The normalized spacial score (nSPS) is 20.4. The second kappa shape index (κ2) is 8.12. The molecule has 0 aliphatic carbocycles. The van der Waals surface area contributed by atoms with E-state index < -0.39 is 12.1 Å². The van der Waals surface area contributed by atoms with Crippen LogP contribution in [0.15, 0.2) is 24.3 Å². The number of carboxylic acids is 1. The molecule has 7 nitrogen and oxygen atoms in total. The summed E-state index contributed by atoms with van der Waals surface area (Å²) < 4.78 is 5.54. The van der Waals surface area contributed by atoms with Crippen LogP contribution < -0.4 is 4.74 Å². The number of β-amino-alcohol motifs (C(OH)–C–C–N with tert-alkyl or cyclic N) is 1. The van der Waals surface area contributed by atoms with Crippen LogP contribution in [0.5, 0.6) is 5.75 Å². The number of aliphatic carboxylic acids is 1. The predicted molar refractivity (Wildman–Crippen MR) is 88.2 cm³/mol. The summed E-state index contributed by atoms with van der Waals surface area (Å²) >= 11 is 0. The van der Waals surface area contributed by atoms with Crippen molar-refractivity contribution in [2.75, 3.05) is 33.3 Å². The molecule has 1 amide bonds. The third kappa shape index (κ3) is 4.46. The lowest BCUT2D eigenvalue weighted by Gasteiger charge is -2.24. The molecule has 1 saturated heterocycles. The van der Waals surface area contributed by atoms with E-state index in [0.717, 1.165) is 6.42 Å². The van der Waals surface area contributed by atoms with Crippen molar-refractivity contribution in [3.63, 3.8) is 0 Å². The zero-order chi connectivity index (χ0) is 17.7. The summed E-state index contributed by atoms with van der Waals surface area (Å²) in [6, 6.07) is 6.58. The zero-order valence-corrected chi connectivity index (χ0v) is 14.0. The van der Waals surface area contributed by atoms with Gasteiger partial charge in [0.15, 0.2) is 0 Å². The molecule has 0 radical (unpaired) electrons. The highest BCUT2D eigenvalue weighted by molar-refractivity contribution is 5.94. The SMILES string of the molecule is CCCOc1cccc(C(=O)N2C[C@@H](O)[C@H](N(C)CC(=O)O)C2)c1. The highest BCUT2D eigenvalue weighted by atomic mass is 16.5. The standard InChI is InChI=1S/C17H24N2O5/c1-3-7-24-13-6-4-5-12(8-13)17(23)19-9-14(15(20)10-19)18(2)11-16(21)22/h4-6,8,14-15,20H,3,7,9-11H2,1-2H3,(H,21,22)/t14-,15-/m1/s1. The van der Waals surface area contributed by atoms with Crippen molar-refractivity contribution in [2.24, 2.45) is 0 Å². The Balaban J connectivity index is 2.04. The van der Waals surface area contributed by atoms with Crippen molar-refractivity contribution in [3.05, 3.63) is 29.8 Å². The number of nitrogens with zero attached hydrogens (tertiary/aromatic N) is 2. The molecule has 1 aliphatic rings. The van der Waals surface area contributed by atoms with Crippen LogP contribution in [0.4, 0.5) is 0 Å². The van der Waals surface area contributed by atoms with E-state index in [1.807, 2.05) is 6.92 Å². The van der Waals surface area contributed by atoms with Gasteiger partial charge in [-0.1, -0.05) is 13.0 Å². The van der Waals surface area contributed by atoms with Gasteiger partial charge in [-0.15, -0.1) is 0 Å². The van der Waals surface area contributed by atoms with Crippen molar-refractivity contribution in [2.45, 2.75) is 25.5 Å². The van der Waals surface area contributed by atoms with Crippen molar-refractivity contribution in [1.82, 2.24) is 9.80 Å². The summed E-state index contributed by atoms with van der Waals surface area (Å²) in [6.45, 7) is 2.90. The maximum Gasteiger partial charge on any atom is 0.317 e. The summed E-state index contributed by atoms with van der Waals surface area (Å²) in [7, 11) is 1.63. The van der Waals surface area contributed by atoms with Crippen LogP contribution in [0.1, 0.15) is 23.7 Å². The fourth-order valence-corrected chi connectivity index (χ4v) is 2.82. The Morgan fingerprint density at radius 3 is 2.79 bits per heavy atom. The van der Waals surface area contributed by atoms with Gasteiger partial charge in [0.2, 0.25) is 0 Å². The largest absolute Gasteiger partial charge is 0.494 e. The lowest BCUT2D eigenvalue weighted by Crippen LogP contribution is -2.43. The number of likely N-dealkylation sites (N-methyl/N-ethyl adjacent to an activating group) is 1. The molecule has 24 heavy (non-hydrogen) atoms. The summed E-state index contributed by atoms with van der Waals surface area (Å²) in [5, 5.41) is 19.0. The quantitative estimate of drug-likeness (QED) is 0.761. The maximum atomic E-state index is 12.6. The van der Waals surface area contributed by atoms with Crippen LogP contribution >= 0.6 is 0 Å². The van der Waals surface area contributed by atoms with Crippen molar-refractivity contribution in [1.29, 1.82) is 0 Å². The number of aliphatic hydroxyl groups excluding tert-OH is 1. The van der Waals surface area contributed by atoms with Gasteiger partial charge in [-0.05, 0) is 31.7 Å². The average molecular weight is 336 g/mol. The molecule has 2 N–H and O–H groups in total. The molecular formula is C17H24N2O5. The van der Waals surface area contributed by atoms with Crippen LogP contribution in [0.2, 0.25) is 0 Å². The number of amides is 1. The molecule has 2 rings (SSSR count). The molecule has 132 valence electrons. The first-order valence-electron chi connectivity index (χ1n) is 8.04. The van der Waals surface area contributed by atoms with E-state index in [9.17, 15) is 14.7 Å². The molecule has 1 fully saturated rings. The van der Waals surface area contributed by atoms with Crippen molar-refractivity contribution < 1.29 is 24.5 Å². The fourth-order valence-electron chi connectivity index (χ4n) is 2.82. The zero-order valence-electron chi connectivity index (χ0n) is 14.0. The molecule has 0 aromatic heterocycles. The fraction of sp³-hybridized carbons (Fsp3) is 0.529. The molecule has 0 bridgehead atoms. The van der Waals surface area contributed by atoms with Crippen LogP contribution in [-0.4, -0.2) is 77.3 Å². The minimum Gasteiger partial charge on any atom is -0.494 e. The maximum absolute atomic E-state index is 12.6. The lowest BCUT2D eigenvalue weighted by atomic mass is 10.2. The number of benzene rings is 1. The Morgan fingerprint density at radius 2 is 2.12 bits per heavy atom. The van der Waals surface area contributed by atoms with Gasteiger partial charge in [-0.25, -0.2) is 0 Å². The molecule has 2 atom stereocenters. The smallest absolute Gasteiger partial charge is 0.317 e. The Labute approximate surface area is 141 Å². The highest BCUT2D eigenvalue weighted by Crippen LogP contribution is 2.20. The van der Waals surface area contributed by atoms with Crippen LogP contribution in [-0.2, 0) is 4.79 Å². The number of carbonyl (C=O) groups excluding carboxylic acids is 1. The van der Waals surface area contributed by atoms with Gasteiger partial charge in [0, 0.05) is 18.7 Å². The first kappa shape index (κ1) is 18.2. The Bertz CT molecular complexity index is 592. The van der Waals surface area contributed by atoms with Crippen molar-refractivity contribution >= 4 is 11.9 Å². The average Bonchev–Trinajstić information content (AvgIpc) is 2.94. The Morgan fingerprint density at radius 1 is 1.38 bits per heavy atom. The molecule has 7 heteroatoms. The van der Waals surface area contributed by atoms with Gasteiger partial charge in [0.1, 0.15) is 5.75 Å². The van der Waals surface area contributed by atoms with E-state index in [1.54, 1.807) is 41.1 Å². The predicted octanol–water partition coefficient (Wildman–Crippen LogP) is 0.677. The highest BCUT2D eigenvalue weighted by Gasteiger charge is 2.37. The number of aliphatic hydroxyl groups is 1. The van der Waals surface area contributed by atoms with Crippen molar-refractivity contribution in [3.8, 4) is 5.75 Å². The van der Waals surface area contributed by atoms with Gasteiger partial charge in [0.25, 0.3) is 5.91 Å². The number of hydrogen-bond acceptors (Lipinski definition) is 5. The first-order valence-corrected chi connectivity index (χ1v) is 8.04. The Kier molecular flexibility index (Phi) is 6.16. The monoisotopic (exact) mass is 336 g/mol. The number of rotatable bonds is 7. The molecule has 1 aromatic rings. The third-order valence-electron chi connectivity index (χ3n) is 4.05. The van der Waals surface area contributed by atoms with E-state index >= 15 is 0 Å². The minimum atomic E-state index is -0.963. The summed E-state index contributed by atoms with van der Waals surface area (Å²) in [5.41, 5.74) is 0.498. The minimum absolute atomic E-state index is 0.176. The van der Waals surface area contributed by atoms with E-state index in [4.69, 9.17) is 9.84 Å². The molecule has 1 heterocycles.